The number of fused-ring (bicyclic) bond motifs is 1. The number of aryl methyl sites for hydroxylation is 1. The molecule has 2 aromatic carbocycles. The smallest absolute Gasteiger partial charge is 0.261 e. The van der Waals surface area contributed by atoms with Gasteiger partial charge in [-0.25, -0.2) is 13.1 Å². The van der Waals surface area contributed by atoms with Crippen molar-refractivity contribution in [2.45, 2.75) is 11.8 Å². The summed E-state index contributed by atoms with van der Waals surface area (Å²) < 4.78 is 26.9. The van der Waals surface area contributed by atoms with Gasteiger partial charge in [-0.1, -0.05) is 23.7 Å². The van der Waals surface area contributed by atoms with E-state index in [1.165, 1.54) is 24.3 Å². The standard InChI is InChI=1S/C17H15ClN2O4S/c1-11-3-2-4-13(9-11)25(23,24)19-7-8-20-16(21)14-6-5-12(18)10-15(14)17(20)22/h2-6,9-10,19H,7-8H2,1H3. The Morgan fingerprint density at radius 2 is 1.76 bits per heavy atom. The fourth-order valence-electron chi connectivity index (χ4n) is 2.62. The average molecular weight is 379 g/mol. The molecule has 8 heteroatoms. The Kier molecular flexibility index (Phi) is 4.64. The first kappa shape index (κ1) is 17.6. The van der Waals surface area contributed by atoms with Crippen LogP contribution < -0.4 is 4.72 Å². The number of imide groups is 1. The highest BCUT2D eigenvalue weighted by Crippen LogP contribution is 2.25. The third kappa shape index (κ3) is 3.44. The summed E-state index contributed by atoms with van der Waals surface area (Å²) in [6.45, 7) is 1.66. The number of benzene rings is 2. The number of nitrogens with zero attached hydrogens (tertiary/aromatic N) is 1. The molecule has 0 unspecified atom stereocenters. The van der Waals surface area contributed by atoms with Gasteiger partial charge in [-0.15, -0.1) is 0 Å². The van der Waals surface area contributed by atoms with Crippen molar-refractivity contribution in [2.24, 2.45) is 0 Å². The summed E-state index contributed by atoms with van der Waals surface area (Å²) in [6, 6.07) is 10.9. The van der Waals surface area contributed by atoms with E-state index in [9.17, 15) is 18.0 Å². The molecule has 3 rings (SSSR count). The van der Waals surface area contributed by atoms with E-state index in [1.54, 1.807) is 25.1 Å². The van der Waals surface area contributed by atoms with E-state index in [0.717, 1.165) is 10.5 Å². The largest absolute Gasteiger partial charge is 0.273 e. The zero-order valence-electron chi connectivity index (χ0n) is 13.3. The predicted octanol–water partition coefficient (Wildman–Crippen LogP) is 2.22. The highest BCUT2D eigenvalue weighted by molar-refractivity contribution is 7.89. The van der Waals surface area contributed by atoms with Crippen molar-refractivity contribution in [3.63, 3.8) is 0 Å². The predicted molar refractivity (Wildman–Crippen MR) is 93.2 cm³/mol. The van der Waals surface area contributed by atoms with Crippen LogP contribution in [0.5, 0.6) is 0 Å². The molecule has 1 heterocycles. The number of carbonyl (C=O) groups is 2. The SMILES string of the molecule is Cc1cccc(S(=O)(=O)NCCN2C(=O)c3ccc(Cl)cc3C2=O)c1. The minimum absolute atomic E-state index is 0.0605. The Hall–Kier alpha value is -2.22. The van der Waals surface area contributed by atoms with Gasteiger partial charge in [-0.05, 0) is 42.8 Å². The van der Waals surface area contributed by atoms with E-state index in [2.05, 4.69) is 4.72 Å². The van der Waals surface area contributed by atoms with Crippen molar-refractivity contribution in [1.82, 2.24) is 9.62 Å². The summed E-state index contributed by atoms with van der Waals surface area (Å²) in [5.74, 6) is -0.927. The number of rotatable bonds is 5. The van der Waals surface area contributed by atoms with Crippen LogP contribution in [0.3, 0.4) is 0 Å². The molecule has 0 fully saturated rings. The first-order valence-electron chi connectivity index (χ1n) is 7.52. The lowest BCUT2D eigenvalue weighted by Crippen LogP contribution is -2.38. The number of hydrogen-bond acceptors (Lipinski definition) is 4. The summed E-state index contributed by atoms with van der Waals surface area (Å²) in [4.78, 5) is 25.7. The van der Waals surface area contributed by atoms with E-state index in [-0.39, 0.29) is 29.1 Å². The lowest BCUT2D eigenvalue weighted by atomic mass is 10.1. The van der Waals surface area contributed by atoms with E-state index < -0.39 is 21.8 Å². The van der Waals surface area contributed by atoms with Gasteiger partial charge in [0.2, 0.25) is 10.0 Å². The molecule has 1 N–H and O–H groups in total. The van der Waals surface area contributed by atoms with Crippen LogP contribution in [0.2, 0.25) is 5.02 Å². The van der Waals surface area contributed by atoms with E-state index in [0.29, 0.717) is 5.02 Å². The Balaban J connectivity index is 1.69. The third-order valence-electron chi connectivity index (χ3n) is 3.86. The number of nitrogens with one attached hydrogen (secondary N) is 1. The van der Waals surface area contributed by atoms with Gasteiger partial charge in [0.25, 0.3) is 11.8 Å². The summed E-state index contributed by atoms with van der Waals surface area (Å²) in [7, 11) is -3.70. The minimum Gasteiger partial charge on any atom is -0.273 e. The van der Waals surface area contributed by atoms with Crippen molar-refractivity contribution in [1.29, 1.82) is 0 Å². The maximum Gasteiger partial charge on any atom is 0.261 e. The maximum absolute atomic E-state index is 12.3. The molecule has 0 aliphatic carbocycles. The van der Waals surface area contributed by atoms with Crippen molar-refractivity contribution in [3.8, 4) is 0 Å². The molecule has 2 amide bonds. The molecule has 25 heavy (non-hydrogen) atoms. The van der Waals surface area contributed by atoms with Gasteiger partial charge >= 0.3 is 0 Å². The van der Waals surface area contributed by atoms with Crippen LogP contribution >= 0.6 is 11.6 Å². The van der Waals surface area contributed by atoms with Crippen molar-refractivity contribution in [2.75, 3.05) is 13.1 Å². The highest BCUT2D eigenvalue weighted by atomic mass is 35.5. The van der Waals surface area contributed by atoms with Gasteiger partial charge in [-0.3, -0.25) is 14.5 Å². The second-order valence-electron chi connectivity index (χ2n) is 5.67. The van der Waals surface area contributed by atoms with Crippen LogP contribution in [-0.2, 0) is 10.0 Å². The fourth-order valence-corrected chi connectivity index (χ4v) is 3.92. The number of amides is 2. The van der Waals surface area contributed by atoms with Gasteiger partial charge in [0.15, 0.2) is 0 Å². The van der Waals surface area contributed by atoms with Crippen LogP contribution in [0.25, 0.3) is 0 Å². The summed E-state index contributed by atoms with van der Waals surface area (Å²) >= 11 is 5.86. The first-order valence-corrected chi connectivity index (χ1v) is 9.38. The van der Waals surface area contributed by atoms with Crippen LogP contribution in [0.1, 0.15) is 26.3 Å². The first-order chi connectivity index (χ1) is 11.8. The highest BCUT2D eigenvalue weighted by Gasteiger charge is 2.35. The number of carbonyl (C=O) groups excluding carboxylic acids is 2. The van der Waals surface area contributed by atoms with Gasteiger partial charge in [0, 0.05) is 18.1 Å². The Morgan fingerprint density at radius 3 is 2.48 bits per heavy atom. The maximum atomic E-state index is 12.3. The third-order valence-corrected chi connectivity index (χ3v) is 5.55. The molecule has 0 aromatic heterocycles. The minimum atomic E-state index is -3.70. The zero-order chi connectivity index (χ0) is 18.2. The average Bonchev–Trinajstić information content (AvgIpc) is 2.79. The van der Waals surface area contributed by atoms with Gasteiger partial charge in [0.05, 0.1) is 16.0 Å². The molecular weight excluding hydrogens is 364 g/mol. The number of sulfonamides is 1. The molecule has 0 saturated heterocycles. The molecule has 1 aliphatic heterocycles. The van der Waals surface area contributed by atoms with Crippen molar-refractivity contribution in [3.05, 3.63) is 64.2 Å². The van der Waals surface area contributed by atoms with E-state index in [4.69, 9.17) is 11.6 Å². The van der Waals surface area contributed by atoms with E-state index >= 15 is 0 Å². The molecule has 6 nitrogen and oxygen atoms in total. The number of hydrogen-bond donors (Lipinski definition) is 1. The van der Waals surface area contributed by atoms with Gasteiger partial charge in [-0.2, -0.15) is 0 Å². The van der Waals surface area contributed by atoms with Gasteiger partial charge in [0.1, 0.15) is 0 Å². The summed E-state index contributed by atoms with van der Waals surface area (Å²) in [6.07, 6.45) is 0. The molecule has 0 atom stereocenters. The fraction of sp³-hybridized carbons (Fsp3) is 0.176. The Labute approximate surface area is 150 Å². The molecule has 0 saturated carbocycles. The lowest BCUT2D eigenvalue weighted by molar-refractivity contribution is 0.0657. The van der Waals surface area contributed by atoms with Gasteiger partial charge < -0.3 is 0 Å². The van der Waals surface area contributed by atoms with Crippen LogP contribution in [0.4, 0.5) is 0 Å². The molecule has 130 valence electrons. The quantitative estimate of drug-likeness (QED) is 0.808. The molecule has 0 radical (unpaired) electrons. The lowest BCUT2D eigenvalue weighted by Gasteiger charge is -2.14. The van der Waals surface area contributed by atoms with Crippen molar-refractivity contribution >= 4 is 33.4 Å². The number of halogens is 1. The zero-order valence-corrected chi connectivity index (χ0v) is 14.9. The molecule has 0 bridgehead atoms. The molecule has 0 spiro atoms. The van der Waals surface area contributed by atoms with Crippen LogP contribution in [0.15, 0.2) is 47.4 Å². The summed E-state index contributed by atoms with van der Waals surface area (Å²) in [5, 5.41) is 0.363. The van der Waals surface area contributed by atoms with Crippen LogP contribution in [-0.4, -0.2) is 38.2 Å². The van der Waals surface area contributed by atoms with Crippen molar-refractivity contribution < 1.29 is 18.0 Å². The second-order valence-corrected chi connectivity index (χ2v) is 7.87. The molecule has 1 aliphatic rings. The molecule has 2 aromatic rings. The van der Waals surface area contributed by atoms with E-state index in [1.807, 2.05) is 0 Å². The Morgan fingerprint density at radius 1 is 1.04 bits per heavy atom. The second kappa shape index (κ2) is 6.59. The normalized spacial score (nSPS) is 14.1. The molecular formula is C17H15ClN2O4S. The summed E-state index contributed by atoms with van der Waals surface area (Å²) in [5.41, 5.74) is 1.33. The Bertz CT molecular complexity index is 972. The monoisotopic (exact) mass is 378 g/mol. The topological polar surface area (TPSA) is 83.6 Å². The van der Waals surface area contributed by atoms with Crippen LogP contribution in [0, 0.1) is 6.92 Å².